The summed E-state index contributed by atoms with van der Waals surface area (Å²) >= 11 is 0. The Hall–Kier alpha value is -3.29. The van der Waals surface area contributed by atoms with Crippen LogP contribution in [0.2, 0.25) is 0 Å². The summed E-state index contributed by atoms with van der Waals surface area (Å²) in [5.41, 5.74) is 2.90. The number of aryl methyl sites for hydroxylation is 2. The van der Waals surface area contributed by atoms with Gasteiger partial charge in [0.1, 0.15) is 5.82 Å². The molecular weight excluding hydrogens is 346 g/mol. The number of hydrogen-bond donors (Lipinski definition) is 2. The van der Waals surface area contributed by atoms with Crippen LogP contribution in [-0.4, -0.2) is 32.7 Å². The number of hydrogen-bond acceptors (Lipinski definition) is 5. The fourth-order valence-electron chi connectivity index (χ4n) is 3.02. The second-order valence-electron chi connectivity index (χ2n) is 6.43. The van der Waals surface area contributed by atoms with Gasteiger partial charge in [0.2, 0.25) is 6.79 Å². The normalized spacial score (nSPS) is 12.4. The Kier molecular flexibility index (Phi) is 4.53. The van der Waals surface area contributed by atoms with Gasteiger partial charge in [0.05, 0.1) is 17.5 Å². The van der Waals surface area contributed by atoms with Crippen LogP contribution in [0.1, 0.15) is 35.8 Å². The molecule has 0 saturated heterocycles. The van der Waals surface area contributed by atoms with E-state index in [1.165, 1.54) is 0 Å². The number of nitrogens with zero attached hydrogens (tertiary/aromatic N) is 3. The van der Waals surface area contributed by atoms with Crippen molar-refractivity contribution in [2.45, 2.75) is 33.2 Å². The third-order valence-corrected chi connectivity index (χ3v) is 4.49. The van der Waals surface area contributed by atoms with E-state index in [1.54, 1.807) is 12.4 Å². The molecule has 4 rings (SSSR count). The molecule has 1 aliphatic rings. The standard InChI is InChI=1S/C19H21N5O3/c1-3-4-7-24-10-15(12(2)23-24)19(25)21-18-14(9-20-22-18)13-5-6-16-17(8-13)27-11-26-16/h5-6,8-10H,3-4,7,11H2,1-2H3,(H2,20,21,22,25). The van der Waals surface area contributed by atoms with E-state index in [9.17, 15) is 4.79 Å². The number of H-pyrrole nitrogens is 1. The number of ether oxygens (including phenoxy) is 2. The first kappa shape index (κ1) is 17.1. The lowest BCUT2D eigenvalue weighted by Gasteiger charge is -2.06. The van der Waals surface area contributed by atoms with Gasteiger partial charge in [-0.15, -0.1) is 0 Å². The van der Waals surface area contributed by atoms with Crippen LogP contribution in [0, 0.1) is 6.92 Å². The molecule has 8 heteroatoms. The van der Waals surface area contributed by atoms with E-state index in [2.05, 4.69) is 27.5 Å². The van der Waals surface area contributed by atoms with Crippen molar-refractivity contribution in [2.24, 2.45) is 0 Å². The second kappa shape index (κ2) is 7.14. The first-order valence-electron chi connectivity index (χ1n) is 8.94. The average molecular weight is 367 g/mol. The van der Waals surface area contributed by atoms with Crippen LogP contribution in [0.5, 0.6) is 11.5 Å². The summed E-state index contributed by atoms with van der Waals surface area (Å²) in [5.74, 6) is 1.70. The van der Waals surface area contributed by atoms with E-state index in [-0.39, 0.29) is 12.7 Å². The van der Waals surface area contributed by atoms with Crippen LogP contribution in [-0.2, 0) is 6.54 Å². The molecule has 0 unspecified atom stereocenters. The first-order chi connectivity index (χ1) is 13.2. The molecule has 2 N–H and O–H groups in total. The Balaban J connectivity index is 1.55. The molecular formula is C19H21N5O3. The maximum atomic E-state index is 12.7. The summed E-state index contributed by atoms with van der Waals surface area (Å²) in [6.45, 7) is 4.98. The molecule has 1 amide bonds. The number of fused-ring (bicyclic) bond motifs is 1. The highest BCUT2D eigenvalue weighted by Gasteiger charge is 2.19. The molecule has 0 fully saturated rings. The fourth-order valence-corrected chi connectivity index (χ4v) is 3.02. The summed E-state index contributed by atoms with van der Waals surface area (Å²) in [5, 5.41) is 14.2. The van der Waals surface area contributed by atoms with Crippen LogP contribution in [0.15, 0.2) is 30.6 Å². The van der Waals surface area contributed by atoms with Gasteiger partial charge in [-0.1, -0.05) is 19.4 Å². The minimum Gasteiger partial charge on any atom is -0.454 e. The van der Waals surface area contributed by atoms with Gasteiger partial charge in [-0.2, -0.15) is 10.2 Å². The fraction of sp³-hybridized carbons (Fsp3) is 0.316. The molecule has 0 spiro atoms. The maximum Gasteiger partial charge on any atom is 0.260 e. The zero-order valence-corrected chi connectivity index (χ0v) is 15.3. The van der Waals surface area contributed by atoms with E-state index >= 15 is 0 Å². The van der Waals surface area contributed by atoms with Crippen molar-refractivity contribution in [3.05, 3.63) is 41.9 Å². The Morgan fingerprint density at radius 1 is 1.33 bits per heavy atom. The summed E-state index contributed by atoms with van der Waals surface area (Å²) in [6.07, 6.45) is 5.56. The van der Waals surface area contributed by atoms with Crippen molar-refractivity contribution in [1.82, 2.24) is 20.0 Å². The number of aromatic nitrogens is 4. The Morgan fingerprint density at radius 2 is 2.19 bits per heavy atom. The SMILES string of the molecule is CCCCn1cc(C(=O)Nc2[nH]ncc2-c2ccc3c(c2)OCO3)c(C)n1. The van der Waals surface area contributed by atoms with E-state index in [0.717, 1.165) is 30.5 Å². The van der Waals surface area contributed by atoms with Gasteiger partial charge < -0.3 is 14.8 Å². The average Bonchev–Trinajstić information content (AvgIpc) is 3.38. The van der Waals surface area contributed by atoms with Crippen molar-refractivity contribution >= 4 is 11.7 Å². The molecule has 140 valence electrons. The number of amides is 1. The lowest BCUT2D eigenvalue weighted by molar-refractivity contribution is 0.102. The highest BCUT2D eigenvalue weighted by atomic mass is 16.7. The Morgan fingerprint density at radius 3 is 3.04 bits per heavy atom. The quantitative estimate of drug-likeness (QED) is 0.697. The van der Waals surface area contributed by atoms with Gasteiger partial charge in [0, 0.05) is 18.3 Å². The van der Waals surface area contributed by atoms with E-state index in [0.29, 0.717) is 28.6 Å². The number of carbonyl (C=O) groups excluding carboxylic acids is 1. The summed E-state index contributed by atoms with van der Waals surface area (Å²) in [6, 6.07) is 5.62. The second-order valence-corrected chi connectivity index (χ2v) is 6.43. The minimum absolute atomic E-state index is 0.217. The minimum atomic E-state index is -0.221. The van der Waals surface area contributed by atoms with E-state index in [4.69, 9.17) is 9.47 Å². The van der Waals surface area contributed by atoms with Gasteiger partial charge in [0.25, 0.3) is 5.91 Å². The molecule has 0 aliphatic carbocycles. The molecule has 0 bridgehead atoms. The highest BCUT2D eigenvalue weighted by Crippen LogP contribution is 2.37. The number of unbranched alkanes of at least 4 members (excludes halogenated alkanes) is 1. The Labute approximate surface area is 156 Å². The number of benzene rings is 1. The summed E-state index contributed by atoms with van der Waals surface area (Å²) < 4.78 is 12.6. The number of rotatable bonds is 6. The molecule has 0 saturated carbocycles. The monoisotopic (exact) mass is 367 g/mol. The van der Waals surface area contributed by atoms with Crippen molar-refractivity contribution in [1.29, 1.82) is 0 Å². The van der Waals surface area contributed by atoms with Crippen LogP contribution in [0.25, 0.3) is 11.1 Å². The lowest BCUT2D eigenvalue weighted by atomic mass is 10.1. The number of aromatic amines is 1. The summed E-state index contributed by atoms with van der Waals surface area (Å²) in [4.78, 5) is 12.7. The predicted octanol–water partition coefficient (Wildman–Crippen LogP) is 3.36. The Bertz CT molecular complexity index is 976. The molecule has 8 nitrogen and oxygen atoms in total. The van der Waals surface area contributed by atoms with Gasteiger partial charge in [-0.3, -0.25) is 14.6 Å². The molecule has 1 aromatic carbocycles. The van der Waals surface area contributed by atoms with Crippen LogP contribution >= 0.6 is 0 Å². The third kappa shape index (κ3) is 3.38. The molecule has 0 radical (unpaired) electrons. The van der Waals surface area contributed by atoms with E-state index in [1.807, 2.05) is 29.8 Å². The van der Waals surface area contributed by atoms with Crippen molar-refractivity contribution < 1.29 is 14.3 Å². The maximum absolute atomic E-state index is 12.7. The zero-order chi connectivity index (χ0) is 18.8. The largest absolute Gasteiger partial charge is 0.454 e. The van der Waals surface area contributed by atoms with Crippen LogP contribution in [0.4, 0.5) is 5.82 Å². The number of anilines is 1. The van der Waals surface area contributed by atoms with Crippen LogP contribution < -0.4 is 14.8 Å². The smallest absolute Gasteiger partial charge is 0.260 e. The van der Waals surface area contributed by atoms with Gasteiger partial charge in [0.15, 0.2) is 11.5 Å². The molecule has 1 aliphatic heterocycles. The zero-order valence-electron chi connectivity index (χ0n) is 15.3. The number of carbonyl (C=O) groups is 1. The number of nitrogens with one attached hydrogen (secondary N) is 2. The van der Waals surface area contributed by atoms with Crippen molar-refractivity contribution in [3.8, 4) is 22.6 Å². The van der Waals surface area contributed by atoms with E-state index < -0.39 is 0 Å². The molecule has 3 aromatic rings. The molecule has 0 atom stereocenters. The lowest BCUT2D eigenvalue weighted by Crippen LogP contribution is -2.13. The van der Waals surface area contributed by atoms with Crippen molar-refractivity contribution in [3.63, 3.8) is 0 Å². The topological polar surface area (TPSA) is 94.1 Å². The summed E-state index contributed by atoms with van der Waals surface area (Å²) in [7, 11) is 0. The van der Waals surface area contributed by atoms with Crippen LogP contribution in [0.3, 0.4) is 0 Å². The van der Waals surface area contributed by atoms with Gasteiger partial charge in [-0.25, -0.2) is 0 Å². The van der Waals surface area contributed by atoms with Gasteiger partial charge >= 0.3 is 0 Å². The third-order valence-electron chi connectivity index (χ3n) is 4.49. The first-order valence-corrected chi connectivity index (χ1v) is 8.94. The van der Waals surface area contributed by atoms with Crippen molar-refractivity contribution in [2.75, 3.05) is 12.1 Å². The molecule has 27 heavy (non-hydrogen) atoms. The highest BCUT2D eigenvalue weighted by molar-refractivity contribution is 6.06. The molecule has 2 aromatic heterocycles. The predicted molar refractivity (Wildman–Crippen MR) is 100.0 cm³/mol. The van der Waals surface area contributed by atoms with Gasteiger partial charge in [-0.05, 0) is 31.0 Å². The molecule has 3 heterocycles.